The van der Waals surface area contributed by atoms with Gasteiger partial charge in [0.05, 0.1) is 12.7 Å². The van der Waals surface area contributed by atoms with Crippen LogP contribution in [0.4, 0.5) is 16.3 Å². The number of nitrogens with one attached hydrogen (secondary N) is 2. The molecule has 2 aromatic carbocycles. The summed E-state index contributed by atoms with van der Waals surface area (Å²) in [6.45, 7) is 6.90. The Hall–Kier alpha value is -4.07. The molecule has 188 valence electrons. The molecule has 3 amide bonds. The molecular weight excluding hydrogens is 454 g/mol. The minimum Gasteiger partial charge on any atom is -0.497 e. The number of hydrogen-bond acceptors (Lipinski definition) is 5. The summed E-state index contributed by atoms with van der Waals surface area (Å²) in [5, 5.41) is 6.05. The number of carbonyl (C=O) groups excluding carboxylic acids is 2. The Labute approximate surface area is 212 Å². The molecule has 1 aliphatic heterocycles. The molecule has 2 N–H and O–H groups in total. The standard InChI is InChI=1S/C28H33N5O3/c1-20(2)23-7-4-5-9-25(23)31-28(35)33-17-15-32(16-18-33)26-24(8-6-14-29-26)27(34)30-19-21-10-12-22(36-3)13-11-21/h4-14,20H,15-19H2,1-3H3,(H,30,34)(H,31,35). The second-order valence-corrected chi connectivity index (χ2v) is 9.05. The molecule has 0 spiro atoms. The van der Waals surface area contributed by atoms with Gasteiger partial charge in [0.1, 0.15) is 11.6 Å². The van der Waals surface area contributed by atoms with E-state index >= 15 is 0 Å². The highest BCUT2D eigenvalue weighted by Crippen LogP contribution is 2.25. The lowest BCUT2D eigenvalue weighted by Gasteiger charge is -2.36. The number of pyridine rings is 1. The van der Waals surface area contributed by atoms with Gasteiger partial charge in [-0.15, -0.1) is 0 Å². The van der Waals surface area contributed by atoms with E-state index in [1.54, 1.807) is 30.3 Å². The largest absolute Gasteiger partial charge is 0.497 e. The fourth-order valence-electron chi connectivity index (χ4n) is 4.28. The summed E-state index contributed by atoms with van der Waals surface area (Å²) in [5.41, 5.74) is 3.46. The fourth-order valence-corrected chi connectivity index (χ4v) is 4.28. The first-order valence-corrected chi connectivity index (χ1v) is 12.2. The van der Waals surface area contributed by atoms with Crippen LogP contribution in [-0.2, 0) is 6.54 Å². The Morgan fingerprint density at radius 1 is 0.972 bits per heavy atom. The van der Waals surface area contributed by atoms with Crippen LogP contribution in [0.1, 0.15) is 41.3 Å². The van der Waals surface area contributed by atoms with Crippen molar-refractivity contribution in [1.82, 2.24) is 15.2 Å². The molecule has 0 unspecified atom stereocenters. The SMILES string of the molecule is COc1ccc(CNC(=O)c2cccnc2N2CCN(C(=O)Nc3ccccc3C(C)C)CC2)cc1. The van der Waals surface area contributed by atoms with E-state index in [9.17, 15) is 9.59 Å². The van der Waals surface area contributed by atoms with Crippen LogP contribution in [0.3, 0.4) is 0 Å². The van der Waals surface area contributed by atoms with Crippen molar-refractivity contribution in [2.24, 2.45) is 0 Å². The van der Waals surface area contributed by atoms with Crippen molar-refractivity contribution in [2.45, 2.75) is 26.3 Å². The van der Waals surface area contributed by atoms with Crippen LogP contribution in [-0.4, -0.2) is 55.1 Å². The van der Waals surface area contributed by atoms with Gasteiger partial charge >= 0.3 is 6.03 Å². The lowest BCUT2D eigenvalue weighted by molar-refractivity contribution is 0.0950. The van der Waals surface area contributed by atoms with Crippen LogP contribution in [0.2, 0.25) is 0 Å². The number of methoxy groups -OCH3 is 1. The van der Waals surface area contributed by atoms with Crippen LogP contribution < -0.4 is 20.3 Å². The van der Waals surface area contributed by atoms with E-state index in [4.69, 9.17) is 4.74 Å². The van der Waals surface area contributed by atoms with Crippen molar-refractivity contribution >= 4 is 23.4 Å². The van der Waals surface area contributed by atoms with Gasteiger partial charge in [0.15, 0.2) is 0 Å². The van der Waals surface area contributed by atoms with E-state index in [2.05, 4.69) is 34.4 Å². The summed E-state index contributed by atoms with van der Waals surface area (Å²) < 4.78 is 5.18. The Morgan fingerprint density at radius 2 is 1.69 bits per heavy atom. The van der Waals surface area contributed by atoms with Gasteiger partial charge in [-0.2, -0.15) is 0 Å². The smallest absolute Gasteiger partial charge is 0.321 e. The van der Waals surface area contributed by atoms with E-state index in [0.717, 1.165) is 22.6 Å². The molecule has 1 fully saturated rings. The maximum absolute atomic E-state index is 13.0. The highest BCUT2D eigenvalue weighted by Gasteiger charge is 2.25. The molecule has 8 heteroatoms. The normalized spacial score (nSPS) is 13.4. The third kappa shape index (κ3) is 5.94. The molecule has 3 aromatic rings. The molecule has 0 atom stereocenters. The van der Waals surface area contributed by atoms with Gasteiger partial charge in [-0.1, -0.05) is 44.2 Å². The first kappa shape index (κ1) is 25.0. The lowest BCUT2D eigenvalue weighted by Crippen LogP contribution is -2.50. The Kier molecular flexibility index (Phi) is 8.05. The van der Waals surface area contributed by atoms with Crippen LogP contribution in [0.5, 0.6) is 5.75 Å². The van der Waals surface area contributed by atoms with Gasteiger partial charge < -0.3 is 25.2 Å². The number of carbonyl (C=O) groups is 2. The summed E-state index contributed by atoms with van der Waals surface area (Å²) in [7, 11) is 1.62. The van der Waals surface area contributed by atoms with Crippen LogP contribution in [0.15, 0.2) is 66.9 Å². The second-order valence-electron chi connectivity index (χ2n) is 9.05. The van der Waals surface area contributed by atoms with Gasteiger partial charge in [-0.3, -0.25) is 4.79 Å². The van der Waals surface area contributed by atoms with Crippen molar-refractivity contribution < 1.29 is 14.3 Å². The predicted octanol–water partition coefficient (Wildman–Crippen LogP) is 4.50. The predicted molar refractivity (Wildman–Crippen MR) is 142 cm³/mol. The summed E-state index contributed by atoms with van der Waals surface area (Å²) in [6, 6.07) is 18.9. The lowest BCUT2D eigenvalue weighted by atomic mass is 10.0. The number of amides is 3. The molecule has 0 radical (unpaired) electrons. The molecule has 4 rings (SSSR count). The molecule has 8 nitrogen and oxygen atoms in total. The number of aromatic nitrogens is 1. The van der Waals surface area contributed by atoms with Gasteiger partial charge in [0.2, 0.25) is 0 Å². The number of benzene rings is 2. The number of ether oxygens (including phenoxy) is 1. The quantitative estimate of drug-likeness (QED) is 0.513. The molecule has 1 aliphatic rings. The van der Waals surface area contributed by atoms with Crippen molar-refractivity contribution in [1.29, 1.82) is 0 Å². The van der Waals surface area contributed by atoms with Crippen molar-refractivity contribution in [2.75, 3.05) is 43.5 Å². The van der Waals surface area contributed by atoms with E-state index < -0.39 is 0 Å². The number of urea groups is 1. The minimum atomic E-state index is -0.181. The van der Waals surface area contributed by atoms with Gasteiger partial charge in [0, 0.05) is 44.6 Å². The third-order valence-electron chi connectivity index (χ3n) is 6.33. The third-order valence-corrected chi connectivity index (χ3v) is 6.33. The van der Waals surface area contributed by atoms with Crippen molar-refractivity contribution in [3.05, 3.63) is 83.6 Å². The zero-order valence-electron chi connectivity index (χ0n) is 21.0. The molecule has 0 aliphatic carbocycles. The summed E-state index contributed by atoms with van der Waals surface area (Å²) in [4.78, 5) is 34.3. The molecule has 2 heterocycles. The minimum absolute atomic E-state index is 0.110. The van der Waals surface area contributed by atoms with E-state index in [-0.39, 0.29) is 11.9 Å². The molecule has 1 aromatic heterocycles. The monoisotopic (exact) mass is 487 g/mol. The highest BCUT2D eigenvalue weighted by atomic mass is 16.5. The van der Waals surface area contributed by atoms with Crippen LogP contribution in [0, 0.1) is 0 Å². The topological polar surface area (TPSA) is 86.8 Å². The maximum Gasteiger partial charge on any atom is 0.321 e. The Bertz CT molecular complexity index is 1190. The summed E-state index contributed by atoms with van der Waals surface area (Å²) in [5.74, 6) is 1.54. The number of rotatable bonds is 7. The Balaban J connectivity index is 1.36. The first-order valence-electron chi connectivity index (χ1n) is 12.2. The number of nitrogens with zero attached hydrogens (tertiary/aromatic N) is 3. The average Bonchev–Trinajstić information content (AvgIpc) is 2.92. The van der Waals surface area contributed by atoms with Gasteiger partial charge in [-0.25, -0.2) is 9.78 Å². The number of hydrogen-bond donors (Lipinski definition) is 2. The molecule has 0 saturated carbocycles. The zero-order valence-corrected chi connectivity index (χ0v) is 21.0. The summed E-state index contributed by atoms with van der Waals surface area (Å²) in [6.07, 6.45) is 1.69. The fraction of sp³-hybridized carbons (Fsp3) is 0.321. The second kappa shape index (κ2) is 11.6. The Morgan fingerprint density at radius 3 is 2.39 bits per heavy atom. The zero-order chi connectivity index (χ0) is 25.5. The van der Waals surface area contributed by atoms with Crippen LogP contribution >= 0.6 is 0 Å². The van der Waals surface area contributed by atoms with Gasteiger partial charge in [-0.05, 0) is 47.4 Å². The molecule has 1 saturated heterocycles. The van der Waals surface area contributed by atoms with Gasteiger partial charge in [0.25, 0.3) is 5.91 Å². The highest BCUT2D eigenvalue weighted by molar-refractivity contribution is 5.99. The van der Waals surface area contributed by atoms with Crippen LogP contribution in [0.25, 0.3) is 0 Å². The maximum atomic E-state index is 13.0. The number of anilines is 2. The van der Waals surface area contributed by atoms with E-state index in [0.29, 0.717) is 50.0 Å². The number of piperazine rings is 1. The first-order chi connectivity index (χ1) is 17.5. The number of para-hydroxylation sites is 1. The van der Waals surface area contributed by atoms with E-state index in [1.165, 1.54) is 0 Å². The van der Waals surface area contributed by atoms with Crippen molar-refractivity contribution in [3.63, 3.8) is 0 Å². The average molecular weight is 488 g/mol. The summed E-state index contributed by atoms with van der Waals surface area (Å²) >= 11 is 0. The molecular formula is C28H33N5O3. The van der Waals surface area contributed by atoms with E-state index in [1.807, 2.05) is 48.5 Å². The molecule has 0 bridgehead atoms. The molecule has 36 heavy (non-hydrogen) atoms. The van der Waals surface area contributed by atoms with Crippen molar-refractivity contribution in [3.8, 4) is 5.75 Å².